The third-order valence-corrected chi connectivity index (χ3v) is 6.13. The van der Waals surface area contributed by atoms with Crippen molar-refractivity contribution in [2.24, 2.45) is 0 Å². The van der Waals surface area contributed by atoms with Crippen molar-refractivity contribution in [2.75, 3.05) is 11.9 Å². The molecule has 1 heterocycles. The number of fused-ring (bicyclic) bond motifs is 1. The summed E-state index contributed by atoms with van der Waals surface area (Å²) in [5.41, 5.74) is 6.95. The number of oxazole rings is 1. The predicted molar refractivity (Wildman–Crippen MR) is 144 cm³/mol. The summed E-state index contributed by atoms with van der Waals surface area (Å²) in [4.78, 5) is 17.3. The largest absolute Gasteiger partial charge is 0.494 e. The second-order valence-corrected chi connectivity index (χ2v) is 8.94. The van der Waals surface area contributed by atoms with E-state index in [1.54, 1.807) is 24.3 Å². The summed E-state index contributed by atoms with van der Waals surface area (Å²) in [5, 5.41) is 6.07. The molecule has 180 valence electrons. The first-order valence-electron chi connectivity index (χ1n) is 11.7. The van der Waals surface area contributed by atoms with Gasteiger partial charge in [0.1, 0.15) is 11.3 Å². The zero-order valence-electron chi connectivity index (χ0n) is 20.4. The summed E-state index contributed by atoms with van der Waals surface area (Å²) < 4.78 is 11.7. The van der Waals surface area contributed by atoms with Crippen LogP contribution in [0.25, 0.3) is 22.6 Å². The minimum atomic E-state index is -0.291. The standard InChI is InChI=1S/C28H29N3O3S/c1-5-6-14-33-21-12-10-20(11-13-21)26(32)31-28(35)30-23-9-7-8-22(19(23)4)27-29-24-15-17(2)18(3)16-25(24)34-27/h7-13,15-16H,5-6,14H2,1-4H3,(H2,30,31,32,35). The van der Waals surface area contributed by atoms with Crippen LogP contribution >= 0.6 is 12.2 Å². The number of nitrogens with zero attached hydrogens (tertiary/aromatic N) is 1. The summed E-state index contributed by atoms with van der Waals surface area (Å²) in [6.45, 7) is 8.85. The molecule has 0 bridgehead atoms. The van der Waals surface area contributed by atoms with Gasteiger partial charge in [-0.2, -0.15) is 0 Å². The molecule has 3 aromatic carbocycles. The van der Waals surface area contributed by atoms with E-state index in [0.29, 0.717) is 18.1 Å². The van der Waals surface area contributed by atoms with E-state index < -0.39 is 0 Å². The van der Waals surface area contributed by atoms with Crippen LogP contribution < -0.4 is 15.4 Å². The van der Waals surface area contributed by atoms with Crippen LogP contribution in [0.4, 0.5) is 5.69 Å². The second-order valence-electron chi connectivity index (χ2n) is 8.54. The molecule has 0 spiro atoms. The molecule has 0 atom stereocenters. The molecule has 1 aromatic heterocycles. The smallest absolute Gasteiger partial charge is 0.257 e. The Morgan fingerprint density at radius 3 is 2.54 bits per heavy atom. The van der Waals surface area contributed by atoms with Crippen molar-refractivity contribution in [2.45, 2.75) is 40.5 Å². The number of carbonyl (C=O) groups is 1. The van der Waals surface area contributed by atoms with Crippen molar-refractivity contribution in [3.8, 4) is 17.2 Å². The normalized spacial score (nSPS) is 10.9. The van der Waals surface area contributed by atoms with E-state index in [0.717, 1.165) is 52.1 Å². The number of hydrogen-bond acceptors (Lipinski definition) is 5. The van der Waals surface area contributed by atoms with Crippen LogP contribution in [0.1, 0.15) is 46.8 Å². The van der Waals surface area contributed by atoms with Gasteiger partial charge in [-0.15, -0.1) is 0 Å². The molecular formula is C28H29N3O3S. The third kappa shape index (κ3) is 5.69. The van der Waals surface area contributed by atoms with Gasteiger partial charge in [0.15, 0.2) is 10.7 Å². The van der Waals surface area contributed by atoms with Crippen molar-refractivity contribution in [3.05, 3.63) is 76.9 Å². The summed E-state index contributed by atoms with van der Waals surface area (Å²) >= 11 is 5.40. The molecule has 0 saturated carbocycles. The number of carbonyl (C=O) groups excluding carboxylic acids is 1. The SMILES string of the molecule is CCCCOc1ccc(C(=O)NC(=S)Nc2cccc(-c3nc4cc(C)c(C)cc4o3)c2C)cc1. The lowest BCUT2D eigenvalue weighted by atomic mass is 10.1. The molecule has 0 saturated heterocycles. The fourth-order valence-electron chi connectivity index (χ4n) is 3.66. The molecule has 2 N–H and O–H groups in total. The molecule has 0 unspecified atom stereocenters. The maximum atomic E-state index is 12.6. The number of ether oxygens (including phenoxy) is 1. The molecule has 1 amide bonds. The Labute approximate surface area is 210 Å². The highest BCUT2D eigenvalue weighted by molar-refractivity contribution is 7.80. The molecule has 4 rings (SSSR count). The number of hydrogen-bond donors (Lipinski definition) is 2. The Balaban J connectivity index is 1.45. The van der Waals surface area contributed by atoms with E-state index >= 15 is 0 Å². The Kier molecular flexibility index (Phi) is 7.46. The lowest BCUT2D eigenvalue weighted by molar-refractivity contribution is 0.0977. The highest BCUT2D eigenvalue weighted by atomic mass is 32.1. The molecular weight excluding hydrogens is 458 g/mol. The number of amides is 1. The molecule has 35 heavy (non-hydrogen) atoms. The quantitative estimate of drug-likeness (QED) is 0.222. The van der Waals surface area contributed by atoms with Crippen molar-refractivity contribution in [1.82, 2.24) is 10.3 Å². The van der Waals surface area contributed by atoms with Crippen LogP contribution in [0.2, 0.25) is 0 Å². The van der Waals surface area contributed by atoms with Crippen LogP contribution in [0, 0.1) is 20.8 Å². The highest BCUT2D eigenvalue weighted by Gasteiger charge is 2.15. The zero-order valence-corrected chi connectivity index (χ0v) is 21.2. The number of aryl methyl sites for hydroxylation is 2. The van der Waals surface area contributed by atoms with Crippen LogP contribution in [-0.4, -0.2) is 22.6 Å². The summed E-state index contributed by atoms with van der Waals surface area (Å²) in [6, 6.07) is 16.8. The molecule has 0 aliphatic rings. The van der Waals surface area contributed by atoms with Gasteiger partial charge in [0, 0.05) is 16.8 Å². The monoisotopic (exact) mass is 487 g/mol. The third-order valence-electron chi connectivity index (χ3n) is 5.93. The number of thiocarbonyl (C=S) groups is 1. The van der Waals surface area contributed by atoms with Gasteiger partial charge in [-0.05, 0) is 105 Å². The molecule has 0 aliphatic heterocycles. The fourth-order valence-corrected chi connectivity index (χ4v) is 3.87. The minimum Gasteiger partial charge on any atom is -0.494 e. The van der Waals surface area contributed by atoms with E-state index in [-0.39, 0.29) is 11.0 Å². The maximum absolute atomic E-state index is 12.6. The predicted octanol–water partition coefficient (Wildman–Crippen LogP) is 6.73. The summed E-state index contributed by atoms with van der Waals surface area (Å²) in [7, 11) is 0. The first-order valence-corrected chi connectivity index (χ1v) is 12.1. The van der Waals surface area contributed by atoms with Crippen molar-refractivity contribution >= 4 is 40.0 Å². The van der Waals surface area contributed by atoms with Crippen LogP contribution in [0.5, 0.6) is 5.75 Å². The Morgan fingerprint density at radius 1 is 1.06 bits per heavy atom. The lowest BCUT2D eigenvalue weighted by Crippen LogP contribution is -2.34. The molecule has 4 aromatic rings. The number of benzene rings is 3. The minimum absolute atomic E-state index is 0.210. The van der Waals surface area contributed by atoms with Gasteiger partial charge in [-0.1, -0.05) is 19.4 Å². The van der Waals surface area contributed by atoms with Gasteiger partial charge in [0.2, 0.25) is 5.89 Å². The average Bonchev–Trinajstić information content (AvgIpc) is 3.23. The number of aromatic nitrogens is 1. The van der Waals surface area contributed by atoms with Gasteiger partial charge in [-0.25, -0.2) is 4.98 Å². The first-order chi connectivity index (χ1) is 16.9. The van der Waals surface area contributed by atoms with Gasteiger partial charge in [-0.3, -0.25) is 10.1 Å². The zero-order chi connectivity index (χ0) is 24.9. The molecule has 0 radical (unpaired) electrons. The molecule has 0 aliphatic carbocycles. The Bertz CT molecular complexity index is 1340. The number of anilines is 1. The van der Waals surface area contributed by atoms with Gasteiger partial charge in [0.05, 0.1) is 6.61 Å². The molecule has 6 nitrogen and oxygen atoms in total. The van der Waals surface area contributed by atoms with Crippen molar-refractivity contribution in [3.63, 3.8) is 0 Å². The number of rotatable bonds is 7. The van der Waals surface area contributed by atoms with Gasteiger partial charge < -0.3 is 14.5 Å². The van der Waals surface area contributed by atoms with Crippen molar-refractivity contribution in [1.29, 1.82) is 0 Å². The average molecular weight is 488 g/mol. The second kappa shape index (κ2) is 10.7. The van der Waals surface area contributed by atoms with Crippen molar-refractivity contribution < 1.29 is 13.9 Å². The molecule has 0 fully saturated rings. The van der Waals surface area contributed by atoms with Gasteiger partial charge in [0.25, 0.3) is 5.91 Å². The van der Waals surface area contributed by atoms with E-state index in [1.165, 1.54) is 5.56 Å². The summed E-state index contributed by atoms with van der Waals surface area (Å²) in [6.07, 6.45) is 2.07. The van der Waals surface area contributed by atoms with Gasteiger partial charge >= 0.3 is 0 Å². The number of unbranched alkanes of at least 4 members (excludes halogenated alkanes) is 1. The number of nitrogens with one attached hydrogen (secondary N) is 2. The van der Waals surface area contributed by atoms with Crippen LogP contribution in [-0.2, 0) is 0 Å². The highest BCUT2D eigenvalue weighted by Crippen LogP contribution is 2.31. The van der Waals surface area contributed by atoms with E-state index in [9.17, 15) is 4.79 Å². The van der Waals surface area contributed by atoms with E-state index in [4.69, 9.17) is 21.4 Å². The lowest BCUT2D eigenvalue weighted by Gasteiger charge is -2.13. The maximum Gasteiger partial charge on any atom is 0.257 e. The van der Waals surface area contributed by atoms with Crippen LogP contribution in [0.3, 0.4) is 0 Å². The topological polar surface area (TPSA) is 76.4 Å². The first kappa shape index (κ1) is 24.4. The van der Waals surface area contributed by atoms with Crippen LogP contribution in [0.15, 0.2) is 59.0 Å². The van der Waals surface area contributed by atoms with E-state index in [1.807, 2.05) is 37.3 Å². The molecule has 7 heteroatoms. The Hall–Kier alpha value is -3.71. The fraction of sp³-hybridized carbons (Fsp3) is 0.250. The van der Waals surface area contributed by atoms with E-state index in [2.05, 4.69) is 36.4 Å². The summed E-state index contributed by atoms with van der Waals surface area (Å²) in [5.74, 6) is 0.996. The Morgan fingerprint density at radius 2 is 1.80 bits per heavy atom.